The van der Waals surface area contributed by atoms with Gasteiger partial charge in [-0.05, 0) is 49.4 Å². The Labute approximate surface area is 188 Å². The summed E-state index contributed by atoms with van der Waals surface area (Å²) in [6.07, 6.45) is 1.59. The van der Waals surface area contributed by atoms with Crippen LogP contribution in [0.1, 0.15) is 28.4 Å². The maximum Gasteiger partial charge on any atom is 0.257 e. The predicted octanol–water partition coefficient (Wildman–Crippen LogP) is 3.55. The second kappa shape index (κ2) is 10.5. The first kappa shape index (κ1) is 22.9. The van der Waals surface area contributed by atoms with Crippen LogP contribution < -0.4 is 15.0 Å². The Kier molecular flexibility index (Phi) is 7.53. The van der Waals surface area contributed by atoms with Crippen LogP contribution in [0, 0.1) is 11.8 Å². The molecule has 0 aliphatic carbocycles. The van der Waals surface area contributed by atoms with Crippen molar-refractivity contribution in [3.63, 3.8) is 0 Å². The van der Waals surface area contributed by atoms with E-state index >= 15 is 0 Å². The average Bonchev–Trinajstić information content (AvgIpc) is 3.17. The summed E-state index contributed by atoms with van der Waals surface area (Å²) < 4.78 is 12.7. The molecule has 166 valence electrons. The lowest BCUT2D eigenvalue weighted by molar-refractivity contribution is 0.0917. The van der Waals surface area contributed by atoms with Gasteiger partial charge >= 0.3 is 0 Å². The number of anilines is 2. The van der Waals surface area contributed by atoms with Gasteiger partial charge < -0.3 is 19.7 Å². The molecular formula is C25H28N4O3. The van der Waals surface area contributed by atoms with Crippen LogP contribution in [-0.2, 0) is 11.8 Å². The van der Waals surface area contributed by atoms with Gasteiger partial charge in [-0.2, -0.15) is 5.10 Å². The Morgan fingerprint density at radius 1 is 1.12 bits per heavy atom. The SMILES string of the molecule is COC[C@H](C)Oc1cc(C#Cc2ccc(N(C)C)cc2)cc(C(=O)Nc2ccn(C)n2)c1. The zero-order valence-electron chi connectivity index (χ0n) is 19.0. The summed E-state index contributed by atoms with van der Waals surface area (Å²) in [7, 11) is 7.40. The predicted molar refractivity (Wildman–Crippen MR) is 126 cm³/mol. The van der Waals surface area contributed by atoms with Gasteiger partial charge in [0.2, 0.25) is 0 Å². The molecule has 7 heteroatoms. The van der Waals surface area contributed by atoms with Gasteiger partial charge in [0.1, 0.15) is 11.9 Å². The lowest BCUT2D eigenvalue weighted by atomic mass is 10.1. The highest BCUT2D eigenvalue weighted by Gasteiger charge is 2.12. The molecule has 0 radical (unpaired) electrons. The summed E-state index contributed by atoms with van der Waals surface area (Å²) in [5.41, 5.74) is 3.10. The highest BCUT2D eigenvalue weighted by molar-refractivity contribution is 6.04. The van der Waals surface area contributed by atoms with Gasteiger partial charge in [0, 0.05) is 62.9 Å². The van der Waals surface area contributed by atoms with Crippen LogP contribution in [0.25, 0.3) is 0 Å². The maximum absolute atomic E-state index is 12.8. The number of hydrogen-bond acceptors (Lipinski definition) is 5. The van der Waals surface area contributed by atoms with E-state index in [0.29, 0.717) is 29.3 Å². The molecule has 0 bridgehead atoms. The minimum Gasteiger partial charge on any atom is -0.488 e. The van der Waals surface area contributed by atoms with Crippen LogP contribution in [0.4, 0.5) is 11.5 Å². The minimum absolute atomic E-state index is 0.173. The van der Waals surface area contributed by atoms with Gasteiger partial charge in [-0.25, -0.2) is 0 Å². The number of aromatic nitrogens is 2. The van der Waals surface area contributed by atoms with Crippen LogP contribution >= 0.6 is 0 Å². The standard InChI is InChI=1S/C25H28N4O3/c1-18(17-31-5)32-23-15-20(7-6-19-8-10-22(11-9-19)28(2)3)14-21(16-23)25(30)26-24-12-13-29(4)27-24/h8-16,18H,17H2,1-5H3,(H,26,27,30)/t18-/m0/s1. The van der Waals surface area contributed by atoms with E-state index in [-0.39, 0.29) is 12.0 Å². The van der Waals surface area contributed by atoms with Crippen molar-refractivity contribution in [3.8, 4) is 17.6 Å². The molecule has 1 heterocycles. The van der Waals surface area contributed by atoms with E-state index in [4.69, 9.17) is 9.47 Å². The van der Waals surface area contributed by atoms with Crippen LogP contribution in [-0.4, -0.2) is 49.6 Å². The van der Waals surface area contributed by atoms with Crippen molar-refractivity contribution in [3.05, 3.63) is 71.4 Å². The molecule has 0 spiro atoms. The highest BCUT2D eigenvalue weighted by Crippen LogP contribution is 2.20. The van der Waals surface area contributed by atoms with Crippen LogP contribution in [0.2, 0.25) is 0 Å². The van der Waals surface area contributed by atoms with E-state index in [2.05, 4.69) is 22.3 Å². The molecule has 1 atom stereocenters. The molecule has 1 amide bonds. The van der Waals surface area contributed by atoms with Crippen LogP contribution in [0.15, 0.2) is 54.7 Å². The third-order valence-electron chi connectivity index (χ3n) is 4.60. The number of nitrogens with zero attached hydrogens (tertiary/aromatic N) is 3. The number of nitrogens with one attached hydrogen (secondary N) is 1. The molecule has 3 aromatic rings. The number of benzene rings is 2. The van der Waals surface area contributed by atoms with Crippen LogP contribution in [0.3, 0.4) is 0 Å². The number of aryl methyl sites for hydroxylation is 1. The normalized spacial score (nSPS) is 11.3. The van der Waals surface area contributed by atoms with Gasteiger partial charge in [-0.1, -0.05) is 11.8 Å². The topological polar surface area (TPSA) is 68.6 Å². The fraction of sp³-hybridized carbons (Fsp3) is 0.280. The van der Waals surface area contributed by atoms with Gasteiger partial charge in [0.15, 0.2) is 5.82 Å². The van der Waals surface area contributed by atoms with Gasteiger partial charge in [-0.15, -0.1) is 0 Å². The monoisotopic (exact) mass is 432 g/mol. The summed E-state index contributed by atoms with van der Waals surface area (Å²) in [6.45, 7) is 2.34. The lowest BCUT2D eigenvalue weighted by Crippen LogP contribution is -2.19. The van der Waals surface area contributed by atoms with Crippen molar-refractivity contribution in [1.82, 2.24) is 9.78 Å². The van der Waals surface area contributed by atoms with Crippen molar-refractivity contribution in [2.75, 3.05) is 38.0 Å². The smallest absolute Gasteiger partial charge is 0.257 e. The van der Waals surface area contributed by atoms with Gasteiger partial charge in [0.05, 0.1) is 6.61 Å². The molecule has 0 unspecified atom stereocenters. The van der Waals surface area contributed by atoms with E-state index in [0.717, 1.165) is 11.3 Å². The first-order valence-electron chi connectivity index (χ1n) is 10.2. The Bertz CT molecular complexity index is 1120. The largest absolute Gasteiger partial charge is 0.488 e. The number of hydrogen-bond donors (Lipinski definition) is 1. The van der Waals surface area contributed by atoms with E-state index in [1.807, 2.05) is 56.3 Å². The van der Waals surface area contributed by atoms with Gasteiger partial charge in [-0.3, -0.25) is 9.48 Å². The van der Waals surface area contributed by atoms with Crippen LogP contribution in [0.5, 0.6) is 5.75 Å². The van der Waals surface area contributed by atoms with E-state index in [1.165, 1.54) is 0 Å². The van der Waals surface area contributed by atoms with E-state index < -0.39 is 0 Å². The second-order valence-corrected chi connectivity index (χ2v) is 7.65. The van der Waals surface area contributed by atoms with Crippen molar-refractivity contribution < 1.29 is 14.3 Å². The van der Waals surface area contributed by atoms with E-state index in [9.17, 15) is 4.79 Å². The molecule has 0 saturated heterocycles. The summed E-state index contributed by atoms with van der Waals surface area (Å²) in [6, 6.07) is 15.0. The third kappa shape index (κ3) is 6.37. The van der Waals surface area contributed by atoms with E-state index in [1.54, 1.807) is 43.2 Å². The zero-order valence-corrected chi connectivity index (χ0v) is 19.0. The Morgan fingerprint density at radius 2 is 1.84 bits per heavy atom. The quantitative estimate of drug-likeness (QED) is 0.579. The first-order chi connectivity index (χ1) is 15.3. The Hall–Kier alpha value is -3.76. The fourth-order valence-electron chi connectivity index (χ4n) is 3.03. The van der Waals surface area contributed by atoms with Crippen molar-refractivity contribution in [1.29, 1.82) is 0 Å². The number of amides is 1. The average molecular weight is 433 g/mol. The van der Waals surface area contributed by atoms with Crippen molar-refractivity contribution in [2.24, 2.45) is 7.05 Å². The Morgan fingerprint density at radius 3 is 2.47 bits per heavy atom. The third-order valence-corrected chi connectivity index (χ3v) is 4.60. The molecule has 1 N–H and O–H groups in total. The van der Waals surface area contributed by atoms with Crippen molar-refractivity contribution in [2.45, 2.75) is 13.0 Å². The molecule has 0 fully saturated rings. The number of rotatable bonds is 7. The number of methoxy groups -OCH3 is 1. The summed E-state index contributed by atoms with van der Waals surface area (Å²) in [4.78, 5) is 14.9. The molecule has 0 aliphatic heterocycles. The lowest BCUT2D eigenvalue weighted by Gasteiger charge is -2.15. The first-order valence-corrected chi connectivity index (χ1v) is 10.2. The van der Waals surface area contributed by atoms with Gasteiger partial charge in [0.25, 0.3) is 5.91 Å². The zero-order chi connectivity index (χ0) is 23.1. The molecule has 7 nitrogen and oxygen atoms in total. The molecule has 0 saturated carbocycles. The molecule has 3 rings (SSSR count). The minimum atomic E-state index is -0.285. The molecule has 0 aliphatic rings. The summed E-state index contributed by atoms with van der Waals surface area (Å²) in [5, 5.41) is 6.99. The highest BCUT2D eigenvalue weighted by atomic mass is 16.5. The van der Waals surface area contributed by atoms with Crippen molar-refractivity contribution >= 4 is 17.4 Å². The molecular weight excluding hydrogens is 404 g/mol. The number of ether oxygens (including phenoxy) is 2. The maximum atomic E-state index is 12.8. The Balaban J connectivity index is 1.88. The number of carbonyl (C=O) groups is 1. The number of carbonyl (C=O) groups excluding carboxylic acids is 1. The summed E-state index contributed by atoms with van der Waals surface area (Å²) >= 11 is 0. The molecule has 2 aromatic carbocycles. The summed E-state index contributed by atoms with van der Waals surface area (Å²) in [5.74, 6) is 7.04. The fourth-order valence-corrected chi connectivity index (χ4v) is 3.03. The molecule has 1 aromatic heterocycles. The molecule has 32 heavy (non-hydrogen) atoms. The second-order valence-electron chi connectivity index (χ2n) is 7.65.